The summed E-state index contributed by atoms with van der Waals surface area (Å²) in [6, 6.07) is 4.21. The average molecular weight is 298 g/mol. The lowest BCUT2D eigenvalue weighted by atomic mass is 10.2. The Morgan fingerprint density at radius 2 is 1.53 bits per heavy atom. The van der Waals surface area contributed by atoms with Crippen molar-refractivity contribution in [3.8, 4) is 0 Å². The molecule has 0 aliphatic rings. The zero-order chi connectivity index (χ0) is 13.4. The highest BCUT2D eigenvalue weighted by Crippen LogP contribution is 2.25. The molecule has 1 aromatic carbocycles. The number of sulfonamides is 2. The van der Waals surface area contributed by atoms with Crippen molar-refractivity contribution in [2.45, 2.75) is 6.92 Å². The second-order valence-corrected chi connectivity index (χ2v) is 7.96. The highest BCUT2D eigenvalue weighted by molar-refractivity contribution is 8.09. The number of hydrogen-bond donors (Lipinski definition) is 0. The number of halogens is 1. The van der Waals surface area contributed by atoms with Crippen molar-refractivity contribution in [2.75, 3.05) is 16.2 Å². The number of nitrogens with zero attached hydrogens (tertiary/aromatic N) is 1. The molecule has 1 aromatic rings. The molecule has 0 N–H and O–H groups in total. The molecule has 96 valence electrons. The van der Waals surface area contributed by atoms with Crippen LogP contribution in [0, 0.1) is 6.92 Å². The average Bonchev–Trinajstić information content (AvgIpc) is 2.06. The van der Waals surface area contributed by atoms with Crippen LogP contribution in [0.5, 0.6) is 0 Å². The maximum Gasteiger partial charge on any atom is 0.245 e. The lowest BCUT2D eigenvalue weighted by Gasteiger charge is -2.20. The fourth-order valence-corrected chi connectivity index (χ4v) is 4.45. The first kappa shape index (κ1) is 14.3. The van der Waals surface area contributed by atoms with Gasteiger partial charge in [0, 0.05) is 5.02 Å². The highest BCUT2D eigenvalue weighted by atomic mass is 35.5. The van der Waals surface area contributed by atoms with E-state index in [1.54, 1.807) is 6.92 Å². The van der Waals surface area contributed by atoms with Crippen LogP contribution in [0.4, 0.5) is 5.69 Å². The number of anilines is 1. The first-order chi connectivity index (χ1) is 7.53. The zero-order valence-corrected chi connectivity index (χ0v) is 11.9. The summed E-state index contributed by atoms with van der Waals surface area (Å²) < 4.78 is 46.3. The Morgan fingerprint density at radius 1 is 1.06 bits per heavy atom. The summed E-state index contributed by atoms with van der Waals surface area (Å²) in [4.78, 5) is 0. The molecule has 0 aliphatic heterocycles. The predicted octanol–water partition coefficient (Wildman–Crippen LogP) is 1.37. The monoisotopic (exact) mass is 297 g/mol. The SMILES string of the molecule is Cc1cc(N(S(C)(=O)=O)S(C)(=O)=O)ccc1Cl. The number of rotatable bonds is 3. The lowest BCUT2D eigenvalue weighted by molar-refractivity contribution is 0.590. The van der Waals surface area contributed by atoms with E-state index < -0.39 is 20.0 Å². The van der Waals surface area contributed by atoms with Gasteiger partial charge in [-0.2, -0.15) is 3.71 Å². The van der Waals surface area contributed by atoms with E-state index in [9.17, 15) is 16.8 Å². The topological polar surface area (TPSA) is 71.5 Å². The summed E-state index contributed by atoms with van der Waals surface area (Å²) in [6.07, 6.45) is 1.66. The molecule has 0 saturated carbocycles. The standard InChI is InChI=1S/C9H12ClNO4S2/c1-7-6-8(4-5-9(7)10)11(16(2,12)13)17(3,14)15/h4-6H,1-3H3. The molecule has 0 radical (unpaired) electrons. The second kappa shape index (κ2) is 4.47. The molecule has 0 fully saturated rings. The minimum absolute atomic E-state index is 0.0527. The van der Waals surface area contributed by atoms with Gasteiger partial charge in [0.1, 0.15) is 0 Å². The van der Waals surface area contributed by atoms with Gasteiger partial charge in [-0.05, 0) is 30.7 Å². The quantitative estimate of drug-likeness (QED) is 0.845. The maximum atomic E-state index is 11.5. The molecule has 1 rings (SSSR count). The Morgan fingerprint density at radius 3 is 1.88 bits per heavy atom. The van der Waals surface area contributed by atoms with Crippen LogP contribution >= 0.6 is 11.6 Å². The van der Waals surface area contributed by atoms with E-state index >= 15 is 0 Å². The van der Waals surface area contributed by atoms with Crippen LogP contribution in [0.3, 0.4) is 0 Å². The fraction of sp³-hybridized carbons (Fsp3) is 0.333. The van der Waals surface area contributed by atoms with Gasteiger partial charge in [-0.3, -0.25) is 0 Å². The molecule has 5 nitrogen and oxygen atoms in total. The Balaban J connectivity index is 3.50. The molecule has 0 saturated heterocycles. The number of aryl methyl sites for hydroxylation is 1. The summed E-state index contributed by atoms with van der Waals surface area (Å²) in [7, 11) is -7.81. The fourth-order valence-electron chi connectivity index (χ4n) is 1.37. The molecule has 0 atom stereocenters. The van der Waals surface area contributed by atoms with Crippen molar-refractivity contribution in [1.82, 2.24) is 0 Å². The van der Waals surface area contributed by atoms with Gasteiger partial charge in [0.05, 0.1) is 18.2 Å². The summed E-state index contributed by atoms with van der Waals surface area (Å²) >= 11 is 5.80. The Kier molecular flexibility index (Phi) is 3.75. The van der Waals surface area contributed by atoms with Crippen LogP contribution < -0.4 is 3.71 Å². The molecule has 0 spiro atoms. The third-order valence-corrected chi connectivity index (χ3v) is 5.63. The van der Waals surface area contributed by atoms with Crippen molar-refractivity contribution in [3.63, 3.8) is 0 Å². The highest BCUT2D eigenvalue weighted by Gasteiger charge is 2.27. The van der Waals surface area contributed by atoms with Crippen molar-refractivity contribution in [1.29, 1.82) is 0 Å². The Labute approximate surface area is 106 Å². The van der Waals surface area contributed by atoms with Gasteiger partial charge >= 0.3 is 0 Å². The van der Waals surface area contributed by atoms with Gasteiger partial charge in [0.2, 0.25) is 20.0 Å². The second-order valence-electron chi connectivity index (χ2n) is 3.66. The van der Waals surface area contributed by atoms with Crippen LogP contribution in [0.2, 0.25) is 5.02 Å². The van der Waals surface area contributed by atoms with E-state index in [0.29, 0.717) is 14.3 Å². The van der Waals surface area contributed by atoms with E-state index in [0.717, 1.165) is 12.5 Å². The first-order valence-corrected chi connectivity index (χ1v) is 8.57. The Hall–Kier alpha value is -0.790. The number of hydrogen-bond acceptors (Lipinski definition) is 4. The molecule has 0 amide bonds. The van der Waals surface area contributed by atoms with Crippen molar-refractivity contribution in [2.24, 2.45) is 0 Å². The van der Waals surface area contributed by atoms with Gasteiger partial charge in [-0.25, -0.2) is 16.8 Å². The molecule has 0 aliphatic carbocycles. The molecular weight excluding hydrogens is 286 g/mol. The van der Waals surface area contributed by atoms with Gasteiger partial charge in [0.15, 0.2) is 0 Å². The third kappa shape index (κ3) is 3.34. The van der Waals surface area contributed by atoms with E-state index in [4.69, 9.17) is 11.6 Å². The van der Waals surface area contributed by atoms with Crippen LogP contribution in [0.1, 0.15) is 5.56 Å². The van der Waals surface area contributed by atoms with Gasteiger partial charge in [-0.1, -0.05) is 11.6 Å². The summed E-state index contributed by atoms with van der Waals surface area (Å²) in [5.41, 5.74) is 0.651. The summed E-state index contributed by atoms with van der Waals surface area (Å²) in [5, 5.41) is 0.440. The van der Waals surface area contributed by atoms with Crippen molar-refractivity contribution < 1.29 is 16.8 Å². The summed E-state index contributed by atoms with van der Waals surface area (Å²) in [6.45, 7) is 1.66. The minimum Gasteiger partial charge on any atom is -0.206 e. The lowest BCUT2D eigenvalue weighted by Crippen LogP contribution is -2.35. The predicted molar refractivity (Wildman–Crippen MR) is 68.4 cm³/mol. The van der Waals surface area contributed by atoms with E-state index in [-0.39, 0.29) is 5.69 Å². The summed E-state index contributed by atoms with van der Waals surface area (Å²) in [5.74, 6) is 0. The molecule has 8 heteroatoms. The zero-order valence-electron chi connectivity index (χ0n) is 9.51. The minimum atomic E-state index is -3.90. The molecule has 0 bridgehead atoms. The van der Waals surface area contributed by atoms with Gasteiger partial charge in [0.25, 0.3) is 0 Å². The molecular formula is C9H12ClNO4S2. The smallest absolute Gasteiger partial charge is 0.206 e. The van der Waals surface area contributed by atoms with E-state index in [1.165, 1.54) is 18.2 Å². The third-order valence-electron chi connectivity index (χ3n) is 1.95. The molecule has 0 heterocycles. The van der Waals surface area contributed by atoms with Crippen LogP contribution in [-0.2, 0) is 20.0 Å². The Bertz CT molecular complexity index is 605. The van der Waals surface area contributed by atoms with E-state index in [2.05, 4.69) is 0 Å². The van der Waals surface area contributed by atoms with Gasteiger partial charge < -0.3 is 0 Å². The largest absolute Gasteiger partial charge is 0.245 e. The molecule has 0 unspecified atom stereocenters. The maximum absolute atomic E-state index is 11.5. The van der Waals surface area contributed by atoms with Crippen LogP contribution in [-0.4, -0.2) is 29.3 Å². The van der Waals surface area contributed by atoms with Crippen molar-refractivity contribution in [3.05, 3.63) is 28.8 Å². The van der Waals surface area contributed by atoms with Gasteiger partial charge in [-0.15, -0.1) is 0 Å². The molecule has 0 aromatic heterocycles. The van der Waals surface area contributed by atoms with E-state index in [1.807, 2.05) is 0 Å². The van der Waals surface area contributed by atoms with Crippen LogP contribution in [0.15, 0.2) is 18.2 Å². The number of benzene rings is 1. The normalized spacial score (nSPS) is 12.5. The first-order valence-electron chi connectivity index (χ1n) is 4.50. The van der Waals surface area contributed by atoms with Crippen molar-refractivity contribution >= 4 is 37.3 Å². The molecule has 17 heavy (non-hydrogen) atoms. The van der Waals surface area contributed by atoms with Crippen LogP contribution in [0.25, 0.3) is 0 Å².